The lowest BCUT2D eigenvalue weighted by Crippen LogP contribution is -2.54. The minimum atomic E-state index is -0.639. The number of hydrogen-bond donors (Lipinski definition) is 3. The highest BCUT2D eigenvalue weighted by Crippen LogP contribution is 2.06. The Kier molecular flexibility index (Phi) is 8.44. The van der Waals surface area contributed by atoms with Crippen LogP contribution in [0.25, 0.3) is 0 Å². The van der Waals surface area contributed by atoms with Crippen LogP contribution in [0.4, 0.5) is 9.59 Å². The summed E-state index contributed by atoms with van der Waals surface area (Å²) < 4.78 is 5.10. The van der Waals surface area contributed by atoms with Crippen molar-refractivity contribution in [3.8, 4) is 0 Å². The number of amides is 4. The first-order valence-corrected chi connectivity index (χ1v) is 10.6. The van der Waals surface area contributed by atoms with Crippen molar-refractivity contribution in [3.05, 3.63) is 71.3 Å². The topological polar surface area (TPSA) is 117 Å². The molecule has 0 aromatic heterocycles. The van der Waals surface area contributed by atoms with Crippen molar-refractivity contribution < 1.29 is 19.1 Å². The van der Waals surface area contributed by atoms with E-state index in [0.717, 1.165) is 16.7 Å². The fourth-order valence-electron chi connectivity index (χ4n) is 3.28. The number of alkyl carbamates (subject to hydrolysis) is 1. The number of carbonyl (C=O) groups excluding carboxylic acids is 3. The molecule has 0 atom stereocenters. The number of carbonyl (C=O) groups is 3. The molecule has 4 amide bonds. The molecule has 0 aliphatic carbocycles. The van der Waals surface area contributed by atoms with Gasteiger partial charge >= 0.3 is 12.1 Å². The van der Waals surface area contributed by atoms with Crippen LogP contribution in [0.15, 0.2) is 54.6 Å². The predicted octanol–water partition coefficient (Wildman–Crippen LogP) is 1.43. The maximum Gasteiger partial charge on any atom is 0.407 e. The van der Waals surface area contributed by atoms with Gasteiger partial charge in [-0.2, -0.15) is 0 Å². The lowest BCUT2D eigenvalue weighted by molar-refractivity contribution is -0.131. The van der Waals surface area contributed by atoms with Crippen LogP contribution in [-0.4, -0.2) is 60.6 Å². The summed E-state index contributed by atoms with van der Waals surface area (Å²) in [5.74, 6) is -0.207. The molecule has 3 rings (SSSR count). The number of nitrogens with one attached hydrogen (secondary N) is 2. The third-order valence-corrected chi connectivity index (χ3v) is 5.22. The number of rotatable bonds is 7. The molecule has 2 aromatic carbocycles. The third-order valence-electron chi connectivity index (χ3n) is 5.22. The van der Waals surface area contributed by atoms with E-state index in [0.29, 0.717) is 39.3 Å². The van der Waals surface area contributed by atoms with E-state index in [1.54, 1.807) is 9.80 Å². The van der Waals surface area contributed by atoms with Crippen LogP contribution < -0.4 is 16.4 Å². The summed E-state index contributed by atoms with van der Waals surface area (Å²) in [5, 5.41) is 5.37. The summed E-state index contributed by atoms with van der Waals surface area (Å²) in [7, 11) is 0. The summed E-state index contributed by atoms with van der Waals surface area (Å²) in [6, 6.07) is 16.9. The summed E-state index contributed by atoms with van der Waals surface area (Å²) in [6.45, 7) is 2.61. The smallest absolute Gasteiger partial charge is 0.407 e. The Hall–Kier alpha value is -3.59. The molecule has 0 spiro atoms. The molecular weight excluding hydrogens is 410 g/mol. The molecule has 0 saturated carbocycles. The van der Waals surface area contributed by atoms with Gasteiger partial charge in [0.1, 0.15) is 13.2 Å². The number of nitrogens with two attached hydrogens (primary N) is 1. The molecule has 0 unspecified atom stereocenters. The molecule has 0 radical (unpaired) electrons. The highest BCUT2D eigenvalue weighted by molar-refractivity contribution is 5.82. The zero-order chi connectivity index (χ0) is 22.8. The van der Waals surface area contributed by atoms with Gasteiger partial charge in [-0.15, -0.1) is 0 Å². The highest BCUT2D eigenvalue weighted by Gasteiger charge is 2.24. The van der Waals surface area contributed by atoms with Gasteiger partial charge in [0.2, 0.25) is 5.91 Å². The molecule has 1 fully saturated rings. The molecule has 170 valence electrons. The predicted molar refractivity (Wildman–Crippen MR) is 119 cm³/mol. The van der Waals surface area contributed by atoms with Gasteiger partial charge in [-0.25, -0.2) is 9.59 Å². The summed E-state index contributed by atoms with van der Waals surface area (Å²) in [6.07, 6.45) is -0.639. The van der Waals surface area contributed by atoms with E-state index in [4.69, 9.17) is 10.5 Å². The lowest BCUT2D eigenvalue weighted by Gasteiger charge is -2.34. The van der Waals surface area contributed by atoms with Crippen LogP contribution in [0.2, 0.25) is 0 Å². The molecule has 2 aromatic rings. The Labute approximate surface area is 187 Å². The Balaban J connectivity index is 1.32. The van der Waals surface area contributed by atoms with Crippen LogP contribution in [0.3, 0.4) is 0 Å². The maximum atomic E-state index is 12.4. The summed E-state index contributed by atoms with van der Waals surface area (Å²) in [5.41, 5.74) is 8.50. The number of benzene rings is 2. The van der Waals surface area contributed by atoms with Gasteiger partial charge in [0.25, 0.3) is 0 Å². The van der Waals surface area contributed by atoms with E-state index in [-0.39, 0.29) is 25.1 Å². The third kappa shape index (κ3) is 6.98. The zero-order valence-corrected chi connectivity index (χ0v) is 18.0. The van der Waals surface area contributed by atoms with Crippen LogP contribution >= 0.6 is 0 Å². The minimum absolute atomic E-state index is 0.140. The second-order valence-electron chi connectivity index (χ2n) is 7.46. The Bertz CT molecular complexity index is 896. The zero-order valence-electron chi connectivity index (χ0n) is 18.0. The van der Waals surface area contributed by atoms with E-state index in [1.165, 1.54) is 0 Å². The number of nitrogens with zero attached hydrogens (tertiary/aromatic N) is 2. The number of hydrogen-bond acceptors (Lipinski definition) is 5. The fourth-order valence-corrected chi connectivity index (χ4v) is 3.28. The van der Waals surface area contributed by atoms with Gasteiger partial charge in [0, 0.05) is 39.3 Å². The van der Waals surface area contributed by atoms with Crippen LogP contribution in [0, 0.1) is 0 Å². The quantitative estimate of drug-likeness (QED) is 0.603. The Morgan fingerprint density at radius 2 is 1.44 bits per heavy atom. The normalized spacial score (nSPS) is 13.4. The van der Waals surface area contributed by atoms with Gasteiger partial charge in [0.05, 0.1) is 0 Å². The van der Waals surface area contributed by atoms with Crippen molar-refractivity contribution in [3.63, 3.8) is 0 Å². The van der Waals surface area contributed by atoms with Crippen molar-refractivity contribution in [2.45, 2.75) is 19.7 Å². The maximum absolute atomic E-state index is 12.4. The monoisotopic (exact) mass is 439 g/mol. The van der Waals surface area contributed by atoms with Gasteiger partial charge in [-0.05, 0) is 16.7 Å². The van der Waals surface area contributed by atoms with E-state index in [9.17, 15) is 14.4 Å². The molecule has 9 heteroatoms. The van der Waals surface area contributed by atoms with Gasteiger partial charge in [0.15, 0.2) is 0 Å². The number of ether oxygens (including phenoxy) is 1. The van der Waals surface area contributed by atoms with Crippen LogP contribution in [0.1, 0.15) is 16.7 Å². The second-order valence-corrected chi connectivity index (χ2v) is 7.46. The largest absolute Gasteiger partial charge is 0.445 e. The van der Waals surface area contributed by atoms with Crippen molar-refractivity contribution >= 4 is 18.0 Å². The SMILES string of the molecule is NCc1ccc(CNC(=O)N2CCN(C(=O)CNC(=O)OCc3ccccc3)CC2)cc1. The van der Waals surface area contributed by atoms with E-state index in [2.05, 4.69) is 10.6 Å². The highest BCUT2D eigenvalue weighted by atomic mass is 16.5. The van der Waals surface area contributed by atoms with Crippen molar-refractivity contribution in [2.24, 2.45) is 5.73 Å². The van der Waals surface area contributed by atoms with E-state index < -0.39 is 6.09 Å². The molecule has 9 nitrogen and oxygen atoms in total. The molecule has 1 heterocycles. The molecular formula is C23H29N5O4. The molecule has 0 bridgehead atoms. The lowest BCUT2D eigenvalue weighted by atomic mass is 10.1. The molecule has 1 aliphatic rings. The van der Waals surface area contributed by atoms with Crippen LogP contribution in [-0.2, 0) is 29.2 Å². The summed E-state index contributed by atoms with van der Waals surface area (Å²) >= 11 is 0. The fraction of sp³-hybridized carbons (Fsp3) is 0.348. The standard InChI is InChI=1S/C23H29N5O4/c24-14-18-6-8-19(9-7-18)15-25-22(30)28-12-10-27(11-13-28)21(29)16-26-23(31)32-17-20-4-2-1-3-5-20/h1-9H,10-17,24H2,(H,25,30)(H,26,31). The number of piperazine rings is 1. The Morgan fingerprint density at radius 3 is 2.09 bits per heavy atom. The molecule has 32 heavy (non-hydrogen) atoms. The molecule has 1 aliphatic heterocycles. The average Bonchev–Trinajstić information content (AvgIpc) is 2.85. The van der Waals surface area contributed by atoms with Gasteiger partial charge in [-0.3, -0.25) is 4.79 Å². The first-order chi connectivity index (χ1) is 15.5. The first-order valence-electron chi connectivity index (χ1n) is 10.6. The molecule has 1 saturated heterocycles. The van der Waals surface area contributed by atoms with Crippen molar-refractivity contribution in [2.75, 3.05) is 32.7 Å². The molecule has 4 N–H and O–H groups in total. The number of urea groups is 1. The van der Waals surface area contributed by atoms with E-state index >= 15 is 0 Å². The van der Waals surface area contributed by atoms with Crippen molar-refractivity contribution in [1.82, 2.24) is 20.4 Å². The van der Waals surface area contributed by atoms with Crippen molar-refractivity contribution in [1.29, 1.82) is 0 Å². The average molecular weight is 440 g/mol. The first kappa shape index (κ1) is 23.1. The van der Waals surface area contributed by atoms with E-state index in [1.807, 2.05) is 54.6 Å². The van der Waals surface area contributed by atoms with Crippen LogP contribution in [0.5, 0.6) is 0 Å². The second kappa shape index (κ2) is 11.7. The van der Waals surface area contributed by atoms with Gasteiger partial charge < -0.3 is 30.9 Å². The summed E-state index contributed by atoms with van der Waals surface area (Å²) in [4.78, 5) is 39.8. The Morgan fingerprint density at radius 1 is 0.812 bits per heavy atom. The van der Waals surface area contributed by atoms with Gasteiger partial charge in [-0.1, -0.05) is 54.6 Å². The minimum Gasteiger partial charge on any atom is -0.445 e.